The highest BCUT2D eigenvalue weighted by Gasteiger charge is 2.05. The molecule has 0 N–H and O–H groups in total. The first-order valence-corrected chi connectivity index (χ1v) is 8.95. The number of benzene rings is 1. The number of rotatable bonds is 9. The van der Waals surface area contributed by atoms with Gasteiger partial charge in [0, 0.05) is 17.7 Å². The molecular formula is C21H28F2O4. The molecule has 1 aromatic carbocycles. The molecule has 0 fully saturated rings. The lowest BCUT2D eigenvalue weighted by Crippen LogP contribution is -2.01. The van der Waals surface area contributed by atoms with E-state index in [1.807, 2.05) is 13.8 Å². The number of carbonyl (C=O) groups excluding carboxylic acids is 2. The highest BCUT2D eigenvalue weighted by molar-refractivity contribution is 5.87. The number of carbonyl (C=O) groups is 2. The molecule has 1 aromatic rings. The van der Waals surface area contributed by atoms with E-state index >= 15 is 0 Å². The Balaban J connectivity index is 0.000000636. The third kappa shape index (κ3) is 11.7. The van der Waals surface area contributed by atoms with Crippen LogP contribution in [0, 0.1) is 18.6 Å². The number of hydrogen-bond donors (Lipinski definition) is 0. The SMILES string of the molecule is C=CC(=O)OCCCC.CCCCOC(=O)/C=C/c1cc(F)c(C)c(F)c1. The van der Waals surface area contributed by atoms with Crippen LogP contribution in [0.25, 0.3) is 6.08 Å². The molecule has 0 atom stereocenters. The summed E-state index contributed by atoms with van der Waals surface area (Å²) >= 11 is 0. The Kier molecular flexibility index (Phi) is 13.3. The van der Waals surface area contributed by atoms with E-state index in [2.05, 4.69) is 11.3 Å². The predicted octanol–water partition coefficient (Wildman–Crippen LogP) is 5.15. The second kappa shape index (κ2) is 14.6. The van der Waals surface area contributed by atoms with Gasteiger partial charge in [-0.3, -0.25) is 0 Å². The van der Waals surface area contributed by atoms with Gasteiger partial charge >= 0.3 is 11.9 Å². The van der Waals surface area contributed by atoms with Crippen LogP contribution in [0.2, 0.25) is 0 Å². The van der Waals surface area contributed by atoms with Crippen LogP contribution in [0.15, 0.2) is 30.9 Å². The quantitative estimate of drug-likeness (QED) is 0.337. The molecule has 0 aliphatic heterocycles. The molecule has 4 nitrogen and oxygen atoms in total. The molecule has 27 heavy (non-hydrogen) atoms. The second-order valence-corrected chi connectivity index (χ2v) is 5.69. The average Bonchev–Trinajstić information content (AvgIpc) is 2.65. The number of halogens is 2. The Hall–Kier alpha value is -2.50. The summed E-state index contributed by atoms with van der Waals surface area (Å²) in [5.41, 5.74) is 0.265. The van der Waals surface area contributed by atoms with Crippen molar-refractivity contribution in [1.82, 2.24) is 0 Å². The molecule has 0 aromatic heterocycles. The first kappa shape index (κ1) is 24.5. The zero-order valence-electron chi connectivity index (χ0n) is 16.2. The van der Waals surface area contributed by atoms with Crippen molar-refractivity contribution in [3.05, 3.63) is 53.6 Å². The van der Waals surface area contributed by atoms with Crippen LogP contribution >= 0.6 is 0 Å². The minimum absolute atomic E-state index is 0.0299. The largest absolute Gasteiger partial charge is 0.463 e. The first-order chi connectivity index (χ1) is 12.8. The van der Waals surface area contributed by atoms with E-state index in [0.717, 1.165) is 25.7 Å². The van der Waals surface area contributed by atoms with Gasteiger partial charge in [-0.2, -0.15) is 0 Å². The molecule has 0 saturated heterocycles. The maximum absolute atomic E-state index is 13.2. The fraction of sp³-hybridized carbons (Fsp3) is 0.429. The maximum Gasteiger partial charge on any atom is 0.330 e. The fourth-order valence-corrected chi connectivity index (χ4v) is 1.67. The summed E-state index contributed by atoms with van der Waals surface area (Å²) in [4.78, 5) is 21.6. The van der Waals surface area contributed by atoms with Crippen molar-refractivity contribution in [2.24, 2.45) is 0 Å². The Labute approximate surface area is 159 Å². The van der Waals surface area contributed by atoms with E-state index in [9.17, 15) is 18.4 Å². The van der Waals surface area contributed by atoms with Crippen LogP contribution in [0.4, 0.5) is 8.78 Å². The molecule has 0 spiro atoms. The molecule has 0 unspecified atom stereocenters. The van der Waals surface area contributed by atoms with Crippen LogP contribution in [0.5, 0.6) is 0 Å². The molecule has 0 aliphatic rings. The minimum atomic E-state index is -0.631. The summed E-state index contributed by atoms with van der Waals surface area (Å²) in [5.74, 6) is -2.10. The molecular weight excluding hydrogens is 354 g/mol. The Morgan fingerprint density at radius 1 is 1.00 bits per heavy atom. The van der Waals surface area contributed by atoms with Gasteiger partial charge in [0.15, 0.2) is 0 Å². The van der Waals surface area contributed by atoms with Crippen molar-refractivity contribution >= 4 is 18.0 Å². The second-order valence-electron chi connectivity index (χ2n) is 5.69. The third-order valence-electron chi connectivity index (χ3n) is 3.37. The van der Waals surface area contributed by atoms with Crippen molar-refractivity contribution in [1.29, 1.82) is 0 Å². The normalized spacial score (nSPS) is 10.1. The molecule has 0 radical (unpaired) electrons. The summed E-state index contributed by atoms with van der Waals surface area (Å²) in [5, 5.41) is 0. The van der Waals surface area contributed by atoms with Gasteiger partial charge in [-0.05, 0) is 43.5 Å². The smallest absolute Gasteiger partial charge is 0.330 e. The number of hydrogen-bond acceptors (Lipinski definition) is 4. The molecule has 0 saturated carbocycles. The van der Waals surface area contributed by atoms with E-state index in [-0.39, 0.29) is 11.5 Å². The van der Waals surface area contributed by atoms with E-state index in [4.69, 9.17) is 4.74 Å². The lowest BCUT2D eigenvalue weighted by atomic mass is 10.1. The molecule has 6 heteroatoms. The zero-order valence-corrected chi connectivity index (χ0v) is 16.2. The van der Waals surface area contributed by atoms with Gasteiger partial charge in [0.2, 0.25) is 0 Å². The fourth-order valence-electron chi connectivity index (χ4n) is 1.67. The van der Waals surface area contributed by atoms with Crippen molar-refractivity contribution in [2.45, 2.75) is 46.5 Å². The van der Waals surface area contributed by atoms with Crippen molar-refractivity contribution in [3.63, 3.8) is 0 Å². The highest BCUT2D eigenvalue weighted by Crippen LogP contribution is 2.15. The number of unbranched alkanes of at least 4 members (excludes halogenated alkanes) is 2. The van der Waals surface area contributed by atoms with Crippen molar-refractivity contribution in [2.75, 3.05) is 13.2 Å². The monoisotopic (exact) mass is 382 g/mol. The maximum atomic E-state index is 13.2. The highest BCUT2D eigenvalue weighted by atomic mass is 19.1. The minimum Gasteiger partial charge on any atom is -0.463 e. The third-order valence-corrected chi connectivity index (χ3v) is 3.37. The number of ether oxygens (including phenoxy) is 2. The lowest BCUT2D eigenvalue weighted by molar-refractivity contribution is -0.138. The lowest BCUT2D eigenvalue weighted by Gasteiger charge is -2.01. The topological polar surface area (TPSA) is 52.6 Å². The molecule has 0 bridgehead atoms. The van der Waals surface area contributed by atoms with Crippen LogP contribution in [0.3, 0.4) is 0 Å². The molecule has 0 amide bonds. The van der Waals surface area contributed by atoms with E-state index in [0.29, 0.717) is 18.8 Å². The summed E-state index contributed by atoms with van der Waals surface area (Å²) in [6, 6.07) is 2.35. The Bertz CT molecular complexity index is 616. The summed E-state index contributed by atoms with van der Waals surface area (Å²) in [7, 11) is 0. The summed E-state index contributed by atoms with van der Waals surface area (Å²) < 4.78 is 36.0. The molecule has 0 aliphatic carbocycles. The first-order valence-electron chi connectivity index (χ1n) is 8.95. The summed E-state index contributed by atoms with van der Waals surface area (Å²) in [6.45, 7) is 9.53. The van der Waals surface area contributed by atoms with E-state index < -0.39 is 17.6 Å². The standard InChI is InChI=1S/C14H16F2O2.C7H12O2/c1-3-4-7-18-14(17)6-5-11-8-12(15)10(2)13(16)9-11;1-3-5-6-9-7(8)4-2/h5-6,8-9H,3-4,7H2,1-2H3;4H,2-3,5-6H2,1H3/b6-5+;. The van der Waals surface area contributed by atoms with E-state index in [1.54, 1.807) is 0 Å². The number of esters is 2. The average molecular weight is 382 g/mol. The van der Waals surface area contributed by atoms with Gasteiger partial charge in [0.25, 0.3) is 0 Å². The molecule has 0 heterocycles. The van der Waals surface area contributed by atoms with Gasteiger partial charge in [-0.1, -0.05) is 33.3 Å². The van der Waals surface area contributed by atoms with Gasteiger partial charge in [0.1, 0.15) is 11.6 Å². The van der Waals surface area contributed by atoms with E-state index in [1.165, 1.54) is 37.3 Å². The van der Waals surface area contributed by atoms with Gasteiger partial charge in [0.05, 0.1) is 13.2 Å². The van der Waals surface area contributed by atoms with Crippen molar-refractivity contribution in [3.8, 4) is 0 Å². The van der Waals surface area contributed by atoms with Crippen molar-refractivity contribution < 1.29 is 27.8 Å². The zero-order chi connectivity index (χ0) is 20.7. The van der Waals surface area contributed by atoms with Gasteiger partial charge in [-0.15, -0.1) is 0 Å². The van der Waals surface area contributed by atoms with Gasteiger partial charge in [-0.25, -0.2) is 18.4 Å². The van der Waals surface area contributed by atoms with Crippen LogP contribution in [0.1, 0.15) is 50.7 Å². The van der Waals surface area contributed by atoms with Crippen LogP contribution < -0.4 is 0 Å². The predicted molar refractivity (Wildman–Crippen MR) is 102 cm³/mol. The van der Waals surface area contributed by atoms with Crippen LogP contribution in [-0.4, -0.2) is 25.2 Å². The Morgan fingerprint density at radius 2 is 1.48 bits per heavy atom. The van der Waals surface area contributed by atoms with Gasteiger partial charge < -0.3 is 9.47 Å². The summed E-state index contributed by atoms with van der Waals surface area (Å²) in [6.07, 6.45) is 7.39. The molecule has 1 rings (SSSR count). The Morgan fingerprint density at radius 3 is 1.93 bits per heavy atom. The van der Waals surface area contributed by atoms with Crippen LogP contribution in [-0.2, 0) is 19.1 Å². The molecule has 150 valence electrons.